The van der Waals surface area contributed by atoms with Crippen molar-refractivity contribution < 1.29 is 19.1 Å². The van der Waals surface area contributed by atoms with E-state index >= 15 is 0 Å². The molecule has 2 aromatic carbocycles. The maximum absolute atomic E-state index is 12.4. The molecule has 1 aliphatic heterocycles. The molecule has 3 amide bonds. The molecule has 0 bridgehead atoms. The number of carbonyl (C=O) groups excluding carboxylic acids is 3. The molecule has 1 fully saturated rings. The highest BCUT2D eigenvalue weighted by molar-refractivity contribution is 6.31. The number of halogens is 1. The van der Waals surface area contributed by atoms with Crippen molar-refractivity contribution in [1.82, 2.24) is 10.9 Å². The lowest BCUT2D eigenvalue weighted by Gasteiger charge is -2.17. The number of benzene rings is 2. The largest absolute Gasteiger partial charge is 0.494 e. The van der Waals surface area contributed by atoms with Crippen LogP contribution in [0.4, 0.5) is 5.69 Å². The van der Waals surface area contributed by atoms with Crippen LogP contribution in [0.15, 0.2) is 48.5 Å². The standard InChI is InChI=1S/C20H20ClN3O4/c1-2-28-17-8-6-13(7-9-17)19(26)22-23-20(27)14-10-18(25)24(12-14)16-5-3-4-15(21)11-16/h3-9,11,14H,2,10,12H2,1H3,(H,22,26)(H,23,27). The predicted octanol–water partition coefficient (Wildman–Crippen LogP) is 2.55. The van der Waals surface area contributed by atoms with Gasteiger partial charge in [0, 0.05) is 29.2 Å². The van der Waals surface area contributed by atoms with Crippen LogP contribution >= 0.6 is 11.6 Å². The number of amides is 3. The Bertz CT molecular complexity index is 885. The molecule has 28 heavy (non-hydrogen) atoms. The summed E-state index contributed by atoms with van der Waals surface area (Å²) in [7, 11) is 0. The Morgan fingerprint density at radius 1 is 1.18 bits per heavy atom. The third-order valence-corrected chi connectivity index (χ3v) is 4.58. The zero-order valence-corrected chi connectivity index (χ0v) is 16.0. The van der Waals surface area contributed by atoms with E-state index in [1.54, 1.807) is 48.5 Å². The highest BCUT2D eigenvalue weighted by Gasteiger charge is 2.35. The lowest BCUT2D eigenvalue weighted by atomic mass is 10.1. The van der Waals surface area contributed by atoms with Gasteiger partial charge in [0.2, 0.25) is 11.8 Å². The van der Waals surface area contributed by atoms with Crippen LogP contribution in [0.1, 0.15) is 23.7 Å². The molecule has 1 atom stereocenters. The predicted molar refractivity (Wildman–Crippen MR) is 105 cm³/mol. The lowest BCUT2D eigenvalue weighted by molar-refractivity contribution is -0.126. The van der Waals surface area contributed by atoms with Crippen molar-refractivity contribution in [3.05, 3.63) is 59.1 Å². The first-order chi connectivity index (χ1) is 13.5. The van der Waals surface area contributed by atoms with E-state index in [1.807, 2.05) is 6.92 Å². The van der Waals surface area contributed by atoms with Crippen molar-refractivity contribution in [3.63, 3.8) is 0 Å². The van der Waals surface area contributed by atoms with E-state index in [1.165, 1.54) is 4.90 Å². The molecule has 0 spiro atoms. The minimum absolute atomic E-state index is 0.0667. The van der Waals surface area contributed by atoms with Crippen LogP contribution in [0.3, 0.4) is 0 Å². The zero-order chi connectivity index (χ0) is 20.1. The Morgan fingerprint density at radius 2 is 1.93 bits per heavy atom. The molecule has 7 nitrogen and oxygen atoms in total. The second-order valence-electron chi connectivity index (χ2n) is 6.29. The van der Waals surface area contributed by atoms with Gasteiger partial charge in [-0.3, -0.25) is 25.2 Å². The fraction of sp³-hybridized carbons (Fsp3) is 0.250. The van der Waals surface area contributed by atoms with Crippen molar-refractivity contribution in [2.24, 2.45) is 5.92 Å². The van der Waals surface area contributed by atoms with Crippen LogP contribution < -0.4 is 20.5 Å². The summed E-state index contributed by atoms with van der Waals surface area (Å²) in [5.74, 6) is -0.939. The third kappa shape index (κ3) is 4.61. The molecule has 0 saturated carbocycles. The summed E-state index contributed by atoms with van der Waals surface area (Å²) in [6.07, 6.45) is 0.0667. The first kappa shape index (κ1) is 19.7. The van der Waals surface area contributed by atoms with Crippen LogP contribution in [0.5, 0.6) is 5.75 Å². The fourth-order valence-corrected chi connectivity index (χ4v) is 3.12. The van der Waals surface area contributed by atoms with E-state index in [0.29, 0.717) is 28.6 Å². The van der Waals surface area contributed by atoms with E-state index in [-0.39, 0.29) is 18.9 Å². The third-order valence-electron chi connectivity index (χ3n) is 4.34. The average molecular weight is 402 g/mol. The van der Waals surface area contributed by atoms with Gasteiger partial charge in [-0.25, -0.2) is 0 Å². The van der Waals surface area contributed by atoms with Crippen molar-refractivity contribution in [1.29, 1.82) is 0 Å². The van der Waals surface area contributed by atoms with Crippen molar-refractivity contribution in [2.75, 3.05) is 18.1 Å². The molecule has 146 valence electrons. The number of anilines is 1. The quantitative estimate of drug-likeness (QED) is 0.754. The first-order valence-electron chi connectivity index (χ1n) is 8.87. The smallest absolute Gasteiger partial charge is 0.269 e. The van der Waals surface area contributed by atoms with E-state index in [2.05, 4.69) is 10.9 Å². The number of nitrogens with zero attached hydrogens (tertiary/aromatic N) is 1. The molecule has 0 radical (unpaired) electrons. The molecule has 1 unspecified atom stereocenters. The molecular formula is C20H20ClN3O4. The molecule has 2 aromatic rings. The van der Waals surface area contributed by atoms with Crippen LogP contribution in [0, 0.1) is 5.92 Å². The van der Waals surface area contributed by atoms with E-state index < -0.39 is 17.7 Å². The lowest BCUT2D eigenvalue weighted by Crippen LogP contribution is -2.45. The second-order valence-corrected chi connectivity index (χ2v) is 6.72. The summed E-state index contributed by atoms with van der Waals surface area (Å²) >= 11 is 5.97. The van der Waals surface area contributed by atoms with Crippen molar-refractivity contribution >= 4 is 35.0 Å². The van der Waals surface area contributed by atoms with Gasteiger partial charge >= 0.3 is 0 Å². The first-order valence-corrected chi connectivity index (χ1v) is 9.24. The molecule has 1 saturated heterocycles. The Balaban J connectivity index is 1.55. The maximum atomic E-state index is 12.4. The molecule has 3 rings (SSSR count). The number of ether oxygens (including phenoxy) is 1. The number of hydrogen-bond acceptors (Lipinski definition) is 4. The molecule has 1 heterocycles. The molecule has 1 aliphatic rings. The number of rotatable bonds is 5. The van der Waals surface area contributed by atoms with Gasteiger partial charge in [-0.05, 0) is 49.4 Å². The minimum atomic E-state index is -0.563. The summed E-state index contributed by atoms with van der Waals surface area (Å²) in [5, 5.41) is 0.515. The van der Waals surface area contributed by atoms with Crippen LogP contribution in [-0.4, -0.2) is 30.9 Å². The SMILES string of the molecule is CCOc1ccc(C(=O)NNC(=O)C2CC(=O)N(c3cccc(Cl)c3)C2)cc1. The molecule has 0 aliphatic carbocycles. The van der Waals surface area contributed by atoms with Crippen molar-refractivity contribution in [2.45, 2.75) is 13.3 Å². The van der Waals surface area contributed by atoms with Gasteiger partial charge in [0.15, 0.2) is 0 Å². The van der Waals surface area contributed by atoms with Gasteiger partial charge in [0.1, 0.15) is 5.75 Å². The van der Waals surface area contributed by atoms with Gasteiger partial charge in [-0.2, -0.15) is 0 Å². The average Bonchev–Trinajstić information content (AvgIpc) is 3.08. The normalized spacial score (nSPS) is 16.0. The molecular weight excluding hydrogens is 382 g/mol. The Labute approximate surface area is 167 Å². The monoisotopic (exact) mass is 401 g/mol. The highest BCUT2D eigenvalue weighted by Crippen LogP contribution is 2.27. The van der Waals surface area contributed by atoms with Gasteiger partial charge in [-0.1, -0.05) is 17.7 Å². The van der Waals surface area contributed by atoms with E-state index in [9.17, 15) is 14.4 Å². The minimum Gasteiger partial charge on any atom is -0.494 e. The second kappa shape index (κ2) is 8.75. The van der Waals surface area contributed by atoms with E-state index in [0.717, 1.165) is 0 Å². The number of carbonyl (C=O) groups is 3. The summed E-state index contributed by atoms with van der Waals surface area (Å²) in [4.78, 5) is 38.3. The fourth-order valence-electron chi connectivity index (χ4n) is 2.94. The highest BCUT2D eigenvalue weighted by atomic mass is 35.5. The molecule has 2 N–H and O–H groups in total. The Morgan fingerprint density at radius 3 is 2.61 bits per heavy atom. The summed E-state index contributed by atoms with van der Waals surface area (Å²) < 4.78 is 5.32. The number of hydrazine groups is 1. The molecule has 8 heteroatoms. The number of hydrogen-bond donors (Lipinski definition) is 2. The van der Waals surface area contributed by atoms with Gasteiger partial charge in [0.25, 0.3) is 5.91 Å². The molecule has 0 aromatic heterocycles. The van der Waals surface area contributed by atoms with Gasteiger partial charge in [-0.15, -0.1) is 0 Å². The summed E-state index contributed by atoms with van der Waals surface area (Å²) in [6.45, 7) is 2.63. The maximum Gasteiger partial charge on any atom is 0.269 e. The Kier molecular flexibility index (Phi) is 6.16. The van der Waals surface area contributed by atoms with Crippen LogP contribution in [-0.2, 0) is 9.59 Å². The Hall–Kier alpha value is -3.06. The van der Waals surface area contributed by atoms with E-state index in [4.69, 9.17) is 16.3 Å². The topological polar surface area (TPSA) is 87.7 Å². The van der Waals surface area contributed by atoms with Gasteiger partial charge in [0.05, 0.1) is 12.5 Å². The van der Waals surface area contributed by atoms with Crippen LogP contribution in [0.2, 0.25) is 5.02 Å². The van der Waals surface area contributed by atoms with Crippen molar-refractivity contribution in [3.8, 4) is 5.75 Å². The summed E-state index contributed by atoms with van der Waals surface area (Å²) in [5.41, 5.74) is 5.79. The number of nitrogens with one attached hydrogen (secondary N) is 2. The van der Waals surface area contributed by atoms with Gasteiger partial charge < -0.3 is 9.64 Å². The summed E-state index contributed by atoms with van der Waals surface area (Å²) in [6, 6.07) is 13.5. The zero-order valence-electron chi connectivity index (χ0n) is 15.3. The van der Waals surface area contributed by atoms with Crippen LogP contribution in [0.25, 0.3) is 0 Å².